The van der Waals surface area contributed by atoms with Gasteiger partial charge in [0, 0.05) is 47.8 Å². The number of alkyl halides is 3. The first-order valence-electron chi connectivity index (χ1n) is 13.7. The van der Waals surface area contributed by atoms with Crippen molar-refractivity contribution in [3.63, 3.8) is 0 Å². The number of nitrogens with zero attached hydrogens (tertiary/aromatic N) is 2. The molecule has 4 aliphatic rings. The minimum atomic E-state index is -4.33. The maximum absolute atomic E-state index is 12.9. The van der Waals surface area contributed by atoms with Gasteiger partial charge in [-0.25, -0.2) is 0 Å². The molecule has 1 saturated heterocycles. The lowest BCUT2D eigenvalue weighted by molar-refractivity contribution is -0.137. The fourth-order valence-electron chi connectivity index (χ4n) is 7.92. The van der Waals surface area contributed by atoms with Crippen LogP contribution in [0.4, 0.5) is 13.2 Å². The second-order valence-corrected chi connectivity index (χ2v) is 11.4. The van der Waals surface area contributed by atoms with Crippen LogP contribution in [-0.2, 0) is 18.0 Å². The van der Waals surface area contributed by atoms with E-state index in [1.165, 1.54) is 12.1 Å². The molecule has 1 N–H and O–H groups in total. The zero-order valence-corrected chi connectivity index (χ0v) is 22.4. The molecule has 0 unspecified atom stereocenters. The SMILES string of the molecule is C=CCN1CC[C@]23c4c5c(O)cc(OC)c4O[C@H]2[C@@H](N(C)CC=Cc2ccc(C(F)(F)F)cc2)CC[C@H]3[C@H]1C5. The van der Waals surface area contributed by atoms with E-state index in [2.05, 4.69) is 23.4 Å². The number of halogens is 3. The number of ether oxygens (including phenoxy) is 2. The van der Waals surface area contributed by atoms with Crippen molar-refractivity contribution >= 4 is 6.08 Å². The lowest BCUT2D eigenvalue weighted by Crippen LogP contribution is -2.68. The fourth-order valence-corrected chi connectivity index (χ4v) is 7.92. The molecule has 5 nitrogen and oxygen atoms in total. The first kappa shape index (κ1) is 26.3. The molecule has 0 radical (unpaired) electrons. The van der Waals surface area contributed by atoms with Crippen LogP contribution in [0.2, 0.25) is 0 Å². The van der Waals surface area contributed by atoms with Gasteiger partial charge in [0.1, 0.15) is 11.9 Å². The topological polar surface area (TPSA) is 45.2 Å². The molecule has 5 atom stereocenters. The summed E-state index contributed by atoms with van der Waals surface area (Å²) in [6.07, 6.45) is 5.23. The van der Waals surface area contributed by atoms with Crippen molar-refractivity contribution in [2.75, 3.05) is 33.8 Å². The summed E-state index contributed by atoms with van der Waals surface area (Å²) in [5.74, 6) is 2.08. The second-order valence-electron chi connectivity index (χ2n) is 11.4. The van der Waals surface area contributed by atoms with Crippen LogP contribution in [0.3, 0.4) is 0 Å². The largest absolute Gasteiger partial charge is 0.508 e. The van der Waals surface area contributed by atoms with Gasteiger partial charge in [-0.3, -0.25) is 9.80 Å². The molecule has 2 aromatic rings. The number of benzene rings is 2. The average molecular weight is 541 g/mol. The lowest BCUT2D eigenvalue weighted by Gasteiger charge is -2.60. The summed E-state index contributed by atoms with van der Waals surface area (Å²) in [5, 5.41) is 11.1. The second kappa shape index (κ2) is 9.59. The Hall–Kier alpha value is -2.97. The van der Waals surface area contributed by atoms with E-state index in [0.29, 0.717) is 24.3 Å². The Morgan fingerprint density at radius 2 is 2.03 bits per heavy atom. The lowest BCUT2D eigenvalue weighted by atomic mass is 9.51. The molecule has 0 aromatic heterocycles. The first-order valence-corrected chi connectivity index (χ1v) is 13.7. The summed E-state index contributed by atoms with van der Waals surface area (Å²) in [7, 11) is 3.71. The highest BCUT2D eigenvalue weighted by Crippen LogP contribution is 2.65. The highest BCUT2D eigenvalue weighted by Gasteiger charge is 2.66. The Bertz CT molecular complexity index is 1290. The Morgan fingerprint density at radius 3 is 2.72 bits per heavy atom. The first-order chi connectivity index (χ1) is 18.7. The number of piperidine rings is 1. The molecule has 1 spiro atoms. The van der Waals surface area contributed by atoms with E-state index in [1.54, 1.807) is 13.2 Å². The number of methoxy groups -OCH3 is 1. The maximum atomic E-state index is 12.9. The van der Waals surface area contributed by atoms with Crippen LogP contribution < -0.4 is 9.47 Å². The van der Waals surface area contributed by atoms with E-state index in [4.69, 9.17) is 9.47 Å². The fraction of sp³-hybridized carbons (Fsp3) is 0.484. The van der Waals surface area contributed by atoms with Gasteiger partial charge in [0.05, 0.1) is 12.7 Å². The summed E-state index contributed by atoms with van der Waals surface area (Å²) in [6.45, 7) is 6.41. The third-order valence-corrected chi connectivity index (χ3v) is 9.58. The van der Waals surface area contributed by atoms with Crippen LogP contribution in [0.5, 0.6) is 17.2 Å². The summed E-state index contributed by atoms with van der Waals surface area (Å²) in [4.78, 5) is 4.81. The Morgan fingerprint density at radius 1 is 1.26 bits per heavy atom. The van der Waals surface area contributed by atoms with Crippen molar-refractivity contribution in [3.8, 4) is 17.2 Å². The molecule has 6 rings (SSSR count). The van der Waals surface area contributed by atoms with E-state index >= 15 is 0 Å². The third kappa shape index (κ3) is 4.06. The van der Waals surface area contributed by atoms with Crippen LogP contribution in [0.15, 0.2) is 49.1 Å². The minimum absolute atomic E-state index is 0.0705. The van der Waals surface area contributed by atoms with Gasteiger partial charge in [0.25, 0.3) is 0 Å². The molecule has 208 valence electrons. The van der Waals surface area contributed by atoms with E-state index in [-0.39, 0.29) is 23.3 Å². The van der Waals surface area contributed by atoms with E-state index in [0.717, 1.165) is 73.3 Å². The van der Waals surface area contributed by atoms with E-state index < -0.39 is 11.7 Å². The van der Waals surface area contributed by atoms with Crippen molar-refractivity contribution in [2.24, 2.45) is 5.92 Å². The van der Waals surface area contributed by atoms with Gasteiger partial charge in [0.2, 0.25) is 0 Å². The van der Waals surface area contributed by atoms with Crippen LogP contribution in [0, 0.1) is 5.92 Å². The predicted molar refractivity (Wildman–Crippen MR) is 144 cm³/mol. The number of aromatic hydroxyl groups is 1. The van der Waals surface area contributed by atoms with E-state index in [1.807, 2.05) is 18.2 Å². The Kier molecular flexibility index (Phi) is 6.46. The number of hydrogen-bond donors (Lipinski definition) is 1. The summed E-state index contributed by atoms with van der Waals surface area (Å²) >= 11 is 0. The Labute approximate surface area is 227 Å². The number of phenols is 1. The number of likely N-dealkylation sites (N-methyl/N-ethyl adjacent to an activating group) is 1. The van der Waals surface area contributed by atoms with Gasteiger partial charge in [0.15, 0.2) is 11.5 Å². The molecule has 8 heteroatoms. The molecule has 2 fully saturated rings. The van der Waals surface area contributed by atoms with Crippen molar-refractivity contribution in [3.05, 3.63) is 71.3 Å². The number of likely N-dealkylation sites (tertiary alicyclic amines) is 1. The van der Waals surface area contributed by atoms with Gasteiger partial charge in [-0.05, 0) is 62.9 Å². The molecule has 2 aromatic carbocycles. The van der Waals surface area contributed by atoms with Crippen LogP contribution in [-0.4, -0.2) is 66.9 Å². The molecule has 2 aliphatic carbocycles. The standard InChI is InChI=1S/C31H35F3N2O3/c1-4-14-36-16-13-30-22-11-12-23(35(2)15-5-6-19-7-9-20(10-8-19)31(32,33)34)29(30)39-28-26(38-3)18-25(37)21(27(28)30)17-24(22)36/h4-10,18,22-24,29,37H,1,11-17H2,2-3H3/t22-,23-,24+,29-,30-/m0/s1. The molecule has 2 bridgehead atoms. The van der Waals surface area contributed by atoms with Gasteiger partial charge < -0.3 is 14.6 Å². The summed E-state index contributed by atoms with van der Waals surface area (Å²) in [5.41, 5.74) is 2.05. The molecule has 39 heavy (non-hydrogen) atoms. The maximum Gasteiger partial charge on any atom is 0.416 e. The van der Waals surface area contributed by atoms with Gasteiger partial charge >= 0.3 is 6.18 Å². The normalized spacial score (nSPS) is 29.4. The molecule has 2 heterocycles. The summed E-state index contributed by atoms with van der Waals surface area (Å²) < 4.78 is 51.2. The van der Waals surface area contributed by atoms with E-state index in [9.17, 15) is 18.3 Å². The highest BCUT2D eigenvalue weighted by atomic mass is 19.4. The third-order valence-electron chi connectivity index (χ3n) is 9.58. The van der Waals surface area contributed by atoms with Gasteiger partial charge in [-0.1, -0.05) is 30.4 Å². The zero-order chi connectivity index (χ0) is 27.5. The van der Waals surface area contributed by atoms with Crippen molar-refractivity contribution in [1.29, 1.82) is 0 Å². The van der Waals surface area contributed by atoms with Gasteiger partial charge in [-0.15, -0.1) is 6.58 Å². The monoisotopic (exact) mass is 540 g/mol. The van der Waals surface area contributed by atoms with Crippen molar-refractivity contribution in [1.82, 2.24) is 9.80 Å². The molecule has 1 saturated carbocycles. The number of rotatable bonds is 7. The zero-order valence-electron chi connectivity index (χ0n) is 22.4. The number of hydrogen-bond acceptors (Lipinski definition) is 5. The molecule has 2 aliphatic heterocycles. The minimum Gasteiger partial charge on any atom is -0.508 e. The Balaban J connectivity index is 1.29. The summed E-state index contributed by atoms with van der Waals surface area (Å²) in [6, 6.07) is 7.40. The number of phenolic OH excluding ortho intramolecular Hbond substituents is 1. The van der Waals surface area contributed by atoms with Crippen LogP contribution >= 0.6 is 0 Å². The quantitative estimate of drug-likeness (QED) is 0.460. The van der Waals surface area contributed by atoms with Crippen LogP contribution in [0.25, 0.3) is 6.08 Å². The smallest absolute Gasteiger partial charge is 0.416 e. The molecular weight excluding hydrogens is 505 g/mol. The highest BCUT2D eigenvalue weighted by molar-refractivity contribution is 5.65. The average Bonchev–Trinajstić information content (AvgIpc) is 3.25. The molecule has 0 amide bonds. The van der Waals surface area contributed by atoms with Crippen LogP contribution in [0.1, 0.15) is 41.5 Å². The predicted octanol–water partition coefficient (Wildman–Crippen LogP) is 5.66. The molecular formula is C31H35F3N2O3. The van der Waals surface area contributed by atoms with Crippen molar-refractivity contribution in [2.45, 2.75) is 55.5 Å². The van der Waals surface area contributed by atoms with Crippen molar-refractivity contribution < 1.29 is 27.8 Å². The van der Waals surface area contributed by atoms with Gasteiger partial charge in [-0.2, -0.15) is 13.2 Å².